The summed E-state index contributed by atoms with van der Waals surface area (Å²) >= 11 is 1.03. The molecular weight excluding hydrogens is 356 g/mol. The number of carbonyl (C=O) groups excluding carboxylic acids is 2. The van der Waals surface area contributed by atoms with Gasteiger partial charge >= 0.3 is 0 Å². The van der Waals surface area contributed by atoms with Crippen molar-refractivity contribution in [2.45, 2.75) is 26.9 Å². The molecule has 138 valence electrons. The van der Waals surface area contributed by atoms with Crippen molar-refractivity contribution < 1.29 is 24.2 Å². The summed E-state index contributed by atoms with van der Waals surface area (Å²) in [7, 11) is 0. The zero-order valence-electron chi connectivity index (χ0n) is 14.6. The predicted molar refractivity (Wildman–Crippen MR) is 96.7 cm³/mol. The Bertz CT molecular complexity index is 798. The maximum absolute atomic E-state index is 12.1. The standard InChI is InChI=1S/C18H20N2O5S/c1-4-24-13-5-7-14(8-6-13)25-12(3)17(21)20-19-11(2)15-9-10-16(26-15)18(22)23/h5-10,12H,4H2,1-3H3,(H,20,21)(H,22,23)/p-1/b19-11-/t12-/m1/s1. The van der Waals surface area contributed by atoms with Gasteiger partial charge in [-0.1, -0.05) is 0 Å². The van der Waals surface area contributed by atoms with Crippen molar-refractivity contribution in [3.63, 3.8) is 0 Å². The number of nitrogens with zero attached hydrogens (tertiary/aromatic N) is 1. The Balaban J connectivity index is 1.92. The van der Waals surface area contributed by atoms with Crippen molar-refractivity contribution in [3.8, 4) is 11.5 Å². The second-order valence-electron chi connectivity index (χ2n) is 5.29. The zero-order chi connectivity index (χ0) is 19.1. The summed E-state index contributed by atoms with van der Waals surface area (Å²) in [6, 6.07) is 10.0. The van der Waals surface area contributed by atoms with Crippen LogP contribution in [0.5, 0.6) is 11.5 Å². The molecule has 0 saturated carbocycles. The monoisotopic (exact) mass is 375 g/mol. The molecule has 2 aromatic rings. The molecule has 0 aliphatic rings. The third-order valence-corrected chi connectivity index (χ3v) is 4.49. The Hall–Kier alpha value is -2.87. The molecule has 0 bridgehead atoms. The Labute approximate surface area is 155 Å². The molecule has 8 heteroatoms. The Morgan fingerprint density at radius 1 is 1.15 bits per heavy atom. The van der Waals surface area contributed by atoms with Gasteiger partial charge in [-0.05, 0) is 57.2 Å². The molecule has 0 aliphatic heterocycles. The van der Waals surface area contributed by atoms with Gasteiger partial charge in [-0.3, -0.25) is 4.79 Å². The Morgan fingerprint density at radius 3 is 2.35 bits per heavy atom. The lowest BCUT2D eigenvalue weighted by atomic mass is 10.3. The van der Waals surface area contributed by atoms with Crippen LogP contribution in [-0.4, -0.2) is 30.3 Å². The molecule has 2 rings (SSSR count). The van der Waals surface area contributed by atoms with E-state index in [2.05, 4.69) is 10.5 Å². The third-order valence-electron chi connectivity index (χ3n) is 3.31. The van der Waals surface area contributed by atoms with Gasteiger partial charge in [0.2, 0.25) is 0 Å². The fraction of sp³-hybridized carbons (Fsp3) is 0.278. The summed E-state index contributed by atoms with van der Waals surface area (Å²) in [6.07, 6.45) is -0.758. The minimum absolute atomic E-state index is 0.105. The highest BCUT2D eigenvalue weighted by Crippen LogP contribution is 2.19. The highest BCUT2D eigenvalue weighted by Gasteiger charge is 2.14. The minimum atomic E-state index is -1.24. The molecule has 1 amide bonds. The summed E-state index contributed by atoms with van der Waals surface area (Å²) < 4.78 is 10.9. The normalized spacial score (nSPS) is 12.3. The number of nitrogens with one attached hydrogen (secondary N) is 1. The second-order valence-corrected chi connectivity index (χ2v) is 6.37. The molecule has 7 nitrogen and oxygen atoms in total. The maximum Gasteiger partial charge on any atom is 0.280 e. The summed E-state index contributed by atoms with van der Waals surface area (Å²) in [5.41, 5.74) is 2.90. The lowest BCUT2D eigenvalue weighted by Gasteiger charge is -2.13. The lowest BCUT2D eigenvalue weighted by molar-refractivity contribution is -0.254. The highest BCUT2D eigenvalue weighted by molar-refractivity contribution is 7.15. The first-order valence-electron chi connectivity index (χ1n) is 7.96. The average molecular weight is 375 g/mol. The summed E-state index contributed by atoms with van der Waals surface area (Å²) in [4.78, 5) is 23.6. The van der Waals surface area contributed by atoms with Crippen LogP contribution < -0.4 is 20.0 Å². The summed E-state index contributed by atoms with van der Waals surface area (Å²) in [5.74, 6) is -0.400. The first kappa shape index (κ1) is 19.5. The molecule has 1 aromatic heterocycles. The number of hydrogen-bond acceptors (Lipinski definition) is 7. The molecule has 1 atom stereocenters. The van der Waals surface area contributed by atoms with Crippen LogP contribution in [0.4, 0.5) is 0 Å². The van der Waals surface area contributed by atoms with Crippen molar-refractivity contribution in [2.24, 2.45) is 5.10 Å². The average Bonchev–Trinajstić information content (AvgIpc) is 3.11. The largest absolute Gasteiger partial charge is 0.544 e. The molecule has 1 N–H and O–H groups in total. The first-order chi connectivity index (χ1) is 12.4. The summed E-state index contributed by atoms with van der Waals surface area (Å²) in [6.45, 7) is 5.75. The van der Waals surface area contributed by atoms with Crippen molar-refractivity contribution in [1.82, 2.24) is 5.43 Å². The van der Waals surface area contributed by atoms with Gasteiger partial charge in [0.1, 0.15) is 11.5 Å². The number of thiophene rings is 1. The van der Waals surface area contributed by atoms with E-state index in [0.29, 0.717) is 22.9 Å². The van der Waals surface area contributed by atoms with Crippen LogP contribution in [-0.2, 0) is 4.79 Å². The fourth-order valence-electron chi connectivity index (χ4n) is 1.97. The van der Waals surface area contributed by atoms with Crippen LogP contribution in [0, 0.1) is 0 Å². The van der Waals surface area contributed by atoms with E-state index in [0.717, 1.165) is 17.1 Å². The van der Waals surface area contributed by atoms with E-state index in [1.54, 1.807) is 44.2 Å². The van der Waals surface area contributed by atoms with Gasteiger partial charge in [0.15, 0.2) is 6.10 Å². The van der Waals surface area contributed by atoms with E-state index >= 15 is 0 Å². The molecule has 0 spiro atoms. The number of carbonyl (C=O) groups is 2. The van der Waals surface area contributed by atoms with Crippen LogP contribution >= 0.6 is 11.3 Å². The molecule has 0 aliphatic carbocycles. The summed E-state index contributed by atoms with van der Waals surface area (Å²) in [5, 5.41) is 14.8. The molecular formula is C18H19N2O5S-. The number of ether oxygens (including phenoxy) is 2. The van der Waals surface area contributed by atoms with Crippen molar-refractivity contribution >= 4 is 28.9 Å². The van der Waals surface area contributed by atoms with Gasteiger partial charge in [0.05, 0.1) is 28.0 Å². The van der Waals surface area contributed by atoms with Gasteiger partial charge < -0.3 is 19.4 Å². The van der Waals surface area contributed by atoms with Crippen molar-refractivity contribution in [1.29, 1.82) is 0 Å². The number of hydrazone groups is 1. The van der Waals surface area contributed by atoms with Gasteiger partial charge in [-0.25, -0.2) is 5.43 Å². The van der Waals surface area contributed by atoms with Crippen molar-refractivity contribution in [2.75, 3.05) is 6.61 Å². The fourth-order valence-corrected chi connectivity index (χ4v) is 2.75. The third kappa shape index (κ3) is 5.32. The van der Waals surface area contributed by atoms with E-state index in [1.165, 1.54) is 6.07 Å². The Morgan fingerprint density at radius 2 is 1.77 bits per heavy atom. The SMILES string of the molecule is CCOc1ccc(O[C@H](C)C(=O)N/N=C(/C)c2ccc(C(=O)[O-])s2)cc1. The van der Waals surface area contributed by atoms with E-state index in [1.807, 2.05) is 6.92 Å². The van der Waals surface area contributed by atoms with E-state index < -0.39 is 18.0 Å². The lowest BCUT2D eigenvalue weighted by Crippen LogP contribution is -2.33. The number of rotatable bonds is 8. The van der Waals surface area contributed by atoms with Gasteiger partial charge in [-0.2, -0.15) is 5.10 Å². The number of hydrogen-bond donors (Lipinski definition) is 1. The van der Waals surface area contributed by atoms with Crippen LogP contribution in [0.1, 0.15) is 35.3 Å². The molecule has 0 unspecified atom stereocenters. The molecule has 0 radical (unpaired) electrons. The van der Waals surface area contributed by atoms with E-state index in [-0.39, 0.29) is 4.88 Å². The van der Waals surface area contributed by atoms with Crippen molar-refractivity contribution in [3.05, 3.63) is 46.2 Å². The second kappa shape index (κ2) is 9.00. The molecule has 1 heterocycles. The van der Waals surface area contributed by atoms with Crippen LogP contribution in [0.15, 0.2) is 41.5 Å². The number of carboxylic acids is 1. The molecule has 0 fully saturated rings. The highest BCUT2D eigenvalue weighted by atomic mass is 32.1. The maximum atomic E-state index is 12.1. The molecule has 1 aromatic carbocycles. The number of amides is 1. The number of carboxylic acid groups (broad SMARTS) is 1. The Kier molecular flexibility index (Phi) is 6.74. The smallest absolute Gasteiger partial charge is 0.280 e. The van der Waals surface area contributed by atoms with E-state index in [9.17, 15) is 14.7 Å². The van der Waals surface area contributed by atoms with Crippen LogP contribution in [0.3, 0.4) is 0 Å². The quantitative estimate of drug-likeness (QED) is 0.560. The predicted octanol–water partition coefficient (Wildman–Crippen LogP) is 1.82. The molecule has 0 saturated heterocycles. The number of benzene rings is 1. The van der Waals surface area contributed by atoms with Crippen LogP contribution in [0.25, 0.3) is 0 Å². The van der Waals surface area contributed by atoms with Gasteiger partial charge in [0, 0.05) is 0 Å². The minimum Gasteiger partial charge on any atom is -0.544 e. The number of aromatic carboxylic acids is 1. The molecule has 26 heavy (non-hydrogen) atoms. The van der Waals surface area contributed by atoms with Gasteiger partial charge in [0.25, 0.3) is 5.91 Å². The topological polar surface area (TPSA) is 100 Å². The first-order valence-corrected chi connectivity index (χ1v) is 8.77. The van der Waals surface area contributed by atoms with Crippen LogP contribution in [0.2, 0.25) is 0 Å². The van der Waals surface area contributed by atoms with Gasteiger partial charge in [-0.15, -0.1) is 11.3 Å². The zero-order valence-corrected chi connectivity index (χ0v) is 15.5. The van der Waals surface area contributed by atoms with E-state index in [4.69, 9.17) is 9.47 Å².